The molecule has 0 aromatic heterocycles. The van der Waals surface area contributed by atoms with E-state index in [2.05, 4.69) is 65.7 Å². The number of rotatable bonds is 3. The molecule has 0 saturated carbocycles. The van der Waals surface area contributed by atoms with Gasteiger partial charge in [0.25, 0.3) is 0 Å². The van der Waals surface area contributed by atoms with E-state index in [1.54, 1.807) is 0 Å². The average molecular weight is 268 g/mol. The van der Waals surface area contributed by atoms with E-state index in [0.717, 1.165) is 0 Å². The Kier molecular flexibility index (Phi) is 4.85. The molecule has 0 fully saturated rings. The zero-order chi connectivity index (χ0) is 14.1. The molecule has 2 heteroatoms. The van der Waals surface area contributed by atoms with Gasteiger partial charge < -0.3 is 4.90 Å². The Bertz CT molecular complexity index is 393. The van der Waals surface area contributed by atoms with Crippen LogP contribution < -0.4 is 0 Å². The Morgan fingerprint density at radius 1 is 1.11 bits per heavy atom. The van der Waals surface area contributed by atoms with Gasteiger partial charge in [-0.2, -0.15) is 0 Å². The van der Waals surface area contributed by atoms with Crippen LogP contribution in [0.1, 0.15) is 49.1 Å². The van der Waals surface area contributed by atoms with Crippen molar-refractivity contribution < 1.29 is 0 Å². The topological polar surface area (TPSA) is 3.24 Å². The molecule has 0 aliphatic heterocycles. The number of alkyl halides is 1. The second-order valence-electron chi connectivity index (χ2n) is 6.41. The first-order chi connectivity index (χ1) is 8.18. The van der Waals surface area contributed by atoms with E-state index in [1.807, 2.05) is 0 Å². The first-order valence-corrected chi connectivity index (χ1v) is 7.06. The molecule has 0 aliphatic carbocycles. The summed E-state index contributed by atoms with van der Waals surface area (Å²) in [7, 11) is 4.17. The molecule has 102 valence electrons. The number of benzene rings is 1. The van der Waals surface area contributed by atoms with Crippen LogP contribution in [0.25, 0.3) is 0 Å². The van der Waals surface area contributed by atoms with Gasteiger partial charge in [-0.15, -0.1) is 11.6 Å². The number of hydrogen-bond acceptors (Lipinski definition) is 1. The van der Waals surface area contributed by atoms with Crippen molar-refractivity contribution in [1.82, 2.24) is 4.90 Å². The smallest absolute Gasteiger partial charge is 0.0482 e. The zero-order valence-corrected chi connectivity index (χ0v) is 13.5. The van der Waals surface area contributed by atoms with Gasteiger partial charge in [-0.25, -0.2) is 0 Å². The molecule has 0 aliphatic rings. The molecule has 18 heavy (non-hydrogen) atoms. The average Bonchev–Trinajstić information content (AvgIpc) is 2.20. The van der Waals surface area contributed by atoms with Crippen molar-refractivity contribution in [3.63, 3.8) is 0 Å². The van der Waals surface area contributed by atoms with Crippen LogP contribution in [-0.4, -0.2) is 24.9 Å². The molecule has 1 atom stereocenters. The van der Waals surface area contributed by atoms with Crippen LogP contribution in [0.15, 0.2) is 12.1 Å². The molecule has 1 rings (SSSR count). The fraction of sp³-hybridized carbons (Fsp3) is 0.625. The molecule has 0 amide bonds. The third kappa shape index (κ3) is 3.27. The summed E-state index contributed by atoms with van der Waals surface area (Å²) in [5.74, 6) is 0.629. The van der Waals surface area contributed by atoms with E-state index in [0.29, 0.717) is 11.9 Å². The highest BCUT2D eigenvalue weighted by molar-refractivity contribution is 6.18. The highest BCUT2D eigenvalue weighted by Crippen LogP contribution is 2.31. The maximum Gasteiger partial charge on any atom is 0.0482 e. The summed E-state index contributed by atoms with van der Waals surface area (Å²) in [5, 5.41) is 0. The Labute approximate surface area is 117 Å². The molecule has 0 radical (unpaired) electrons. The summed E-state index contributed by atoms with van der Waals surface area (Å²) in [4.78, 5) is 2.19. The lowest BCUT2D eigenvalue weighted by molar-refractivity contribution is 0.322. The summed E-state index contributed by atoms with van der Waals surface area (Å²) in [6.07, 6.45) is 0. The number of halogens is 1. The monoisotopic (exact) mass is 267 g/mol. The maximum absolute atomic E-state index is 6.13. The highest BCUT2D eigenvalue weighted by atomic mass is 35.5. The van der Waals surface area contributed by atoms with Gasteiger partial charge >= 0.3 is 0 Å². The molecule has 1 aromatic carbocycles. The minimum Gasteiger partial charge on any atom is -0.301 e. The molecule has 1 unspecified atom stereocenters. The van der Waals surface area contributed by atoms with E-state index < -0.39 is 0 Å². The number of aryl methyl sites for hydroxylation is 2. The van der Waals surface area contributed by atoms with Crippen molar-refractivity contribution in [1.29, 1.82) is 0 Å². The van der Waals surface area contributed by atoms with E-state index in [4.69, 9.17) is 11.6 Å². The second kappa shape index (κ2) is 5.63. The first kappa shape index (κ1) is 15.5. The lowest BCUT2D eigenvalue weighted by Gasteiger charge is -2.28. The molecule has 0 spiro atoms. The molecule has 0 heterocycles. The number of nitrogens with zero attached hydrogens (tertiary/aromatic N) is 1. The fourth-order valence-corrected chi connectivity index (χ4v) is 2.84. The minimum atomic E-state index is 0.197. The van der Waals surface area contributed by atoms with Crippen molar-refractivity contribution in [2.75, 3.05) is 20.0 Å². The molecular formula is C16H26ClN. The van der Waals surface area contributed by atoms with Crippen molar-refractivity contribution in [3.05, 3.63) is 34.4 Å². The maximum atomic E-state index is 6.13. The summed E-state index contributed by atoms with van der Waals surface area (Å²) >= 11 is 6.13. The molecular weight excluding hydrogens is 242 g/mol. The Hall–Kier alpha value is -0.530. The van der Waals surface area contributed by atoms with Gasteiger partial charge in [-0.3, -0.25) is 0 Å². The third-order valence-electron chi connectivity index (χ3n) is 3.56. The first-order valence-electron chi connectivity index (χ1n) is 6.52. The summed E-state index contributed by atoms with van der Waals surface area (Å²) in [6, 6.07) is 4.91. The Morgan fingerprint density at radius 2 is 1.56 bits per heavy atom. The van der Waals surface area contributed by atoms with Crippen LogP contribution >= 0.6 is 11.6 Å². The van der Waals surface area contributed by atoms with Gasteiger partial charge in [-0.1, -0.05) is 32.9 Å². The molecule has 0 N–H and O–H groups in total. The largest absolute Gasteiger partial charge is 0.301 e. The lowest BCUT2D eigenvalue weighted by atomic mass is 9.82. The van der Waals surface area contributed by atoms with Crippen LogP contribution in [-0.2, 0) is 5.41 Å². The van der Waals surface area contributed by atoms with Gasteiger partial charge in [0.05, 0.1) is 0 Å². The quantitative estimate of drug-likeness (QED) is 0.732. The Morgan fingerprint density at radius 3 is 1.83 bits per heavy atom. The van der Waals surface area contributed by atoms with Gasteiger partial charge in [0.2, 0.25) is 0 Å². The summed E-state index contributed by atoms with van der Waals surface area (Å²) < 4.78 is 0. The van der Waals surface area contributed by atoms with E-state index >= 15 is 0 Å². The van der Waals surface area contributed by atoms with Gasteiger partial charge in [0, 0.05) is 11.9 Å². The summed E-state index contributed by atoms with van der Waals surface area (Å²) in [5.41, 5.74) is 5.66. The SMILES string of the molecule is Cc1cc(C(C)(C)C)cc(C)c1C(CCl)N(C)C. The van der Waals surface area contributed by atoms with Crippen LogP contribution in [0.2, 0.25) is 0 Å². The van der Waals surface area contributed by atoms with Crippen LogP contribution in [0.5, 0.6) is 0 Å². The van der Waals surface area contributed by atoms with Crippen LogP contribution in [0, 0.1) is 13.8 Å². The highest BCUT2D eigenvalue weighted by Gasteiger charge is 2.21. The summed E-state index contributed by atoms with van der Waals surface area (Å²) in [6.45, 7) is 11.2. The van der Waals surface area contributed by atoms with Crippen molar-refractivity contribution in [2.45, 2.75) is 46.1 Å². The molecule has 0 bridgehead atoms. The van der Waals surface area contributed by atoms with Crippen LogP contribution in [0.3, 0.4) is 0 Å². The van der Waals surface area contributed by atoms with Crippen molar-refractivity contribution >= 4 is 11.6 Å². The van der Waals surface area contributed by atoms with E-state index in [-0.39, 0.29) is 5.41 Å². The molecule has 0 saturated heterocycles. The predicted octanol–water partition coefficient (Wildman–Crippen LogP) is 4.44. The zero-order valence-electron chi connectivity index (χ0n) is 12.8. The van der Waals surface area contributed by atoms with E-state index in [1.165, 1.54) is 22.3 Å². The van der Waals surface area contributed by atoms with Gasteiger partial charge in [0.15, 0.2) is 0 Å². The fourth-order valence-electron chi connectivity index (χ4n) is 2.41. The van der Waals surface area contributed by atoms with Crippen molar-refractivity contribution in [3.8, 4) is 0 Å². The normalized spacial score (nSPS) is 14.1. The predicted molar refractivity (Wildman–Crippen MR) is 81.8 cm³/mol. The molecule has 1 aromatic rings. The third-order valence-corrected chi connectivity index (χ3v) is 3.85. The number of hydrogen-bond donors (Lipinski definition) is 0. The van der Waals surface area contributed by atoms with Gasteiger partial charge in [0.1, 0.15) is 0 Å². The standard InChI is InChI=1S/C16H26ClN/c1-11-8-13(16(3,4)5)9-12(2)15(11)14(10-17)18(6)7/h8-9,14H,10H2,1-7H3. The van der Waals surface area contributed by atoms with Crippen molar-refractivity contribution in [2.24, 2.45) is 0 Å². The van der Waals surface area contributed by atoms with Gasteiger partial charge in [-0.05, 0) is 55.6 Å². The van der Waals surface area contributed by atoms with Crippen LogP contribution in [0.4, 0.5) is 0 Å². The molecule has 1 nitrogen and oxygen atoms in total. The minimum absolute atomic E-state index is 0.197. The lowest BCUT2D eigenvalue weighted by Crippen LogP contribution is -2.23. The van der Waals surface area contributed by atoms with E-state index in [9.17, 15) is 0 Å². The Balaban J connectivity index is 3.32. The second-order valence-corrected chi connectivity index (χ2v) is 6.72.